The van der Waals surface area contributed by atoms with E-state index in [-0.39, 0.29) is 0 Å². The van der Waals surface area contributed by atoms with Crippen LogP contribution in [-0.2, 0) is 0 Å². The third-order valence-electron chi connectivity index (χ3n) is 3.17. The Morgan fingerprint density at radius 2 is 1.39 bits per heavy atom. The Morgan fingerprint density at radius 1 is 0.833 bits per heavy atom. The summed E-state index contributed by atoms with van der Waals surface area (Å²) >= 11 is 0. The van der Waals surface area contributed by atoms with Gasteiger partial charge in [-0.3, -0.25) is 0 Å². The van der Waals surface area contributed by atoms with Crippen LogP contribution in [0.3, 0.4) is 0 Å². The molecule has 0 rings (SSSR count). The lowest BCUT2D eigenvalue weighted by Gasteiger charge is -2.08. The van der Waals surface area contributed by atoms with Gasteiger partial charge in [0, 0.05) is 0 Å². The molecule has 0 amide bonds. The molecular formula is C18H32. The third-order valence-corrected chi connectivity index (χ3v) is 3.17. The molecule has 0 saturated carbocycles. The standard InChI is InChI=1S/C18H32/c1-15(2)9-7-11-17(5)13-14-18(6)12-8-10-16(3)4/h9-10,13,18H,7-8,11-12,14H2,1-6H3. The van der Waals surface area contributed by atoms with E-state index in [9.17, 15) is 0 Å². The molecule has 0 aliphatic carbocycles. The van der Waals surface area contributed by atoms with Crippen LogP contribution in [0.4, 0.5) is 0 Å². The van der Waals surface area contributed by atoms with Crippen LogP contribution >= 0.6 is 0 Å². The van der Waals surface area contributed by atoms with Crippen molar-refractivity contribution in [1.82, 2.24) is 0 Å². The molecule has 0 aromatic heterocycles. The van der Waals surface area contributed by atoms with Crippen LogP contribution in [0.1, 0.15) is 73.6 Å². The summed E-state index contributed by atoms with van der Waals surface area (Å²) in [6.45, 7) is 13.3. The number of rotatable bonds is 8. The van der Waals surface area contributed by atoms with Crippen LogP contribution in [0.2, 0.25) is 0 Å². The van der Waals surface area contributed by atoms with E-state index in [4.69, 9.17) is 0 Å². The minimum atomic E-state index is 0.805. The van der Waals surface area contributed by atoms with Gasteiger partial charge in [-0.1, -0.05) is 41.9 Å². The zero-order valence-electron chi connectivity index (χ0n) is 13.3. The van der Waals surface area contributed by atoms with Gasteiger partial charge in [-0.25, -0.2) is 0 Å². The molecule has 104 valence electrons. The van der Waals surface area contributed by atoms with Crippen molar-refractivity contribution in [2.75, 3.05) is 0 Å². The summed E-state index contributed by atoms with van der Waals surface area (Å²) < 4.78 is 0. The molecule has 0 bridgehead atoms. The van der Waals surface area contributed by atoms with E-state index in [1.165, 1.54) is 43.3 Å². The van der Waals surface area contributed by atoms with Crippen molar-refractivity contribution >= 4 is 0 Å². The van der Waals surface area contributed by atoms with E-state index in [2.05, 4.69) is 59.8 Å². The topological polar surface area (TPSA) is 0 Å². The molecule has 18 heavy (non-hydrogen) atoms. The summed E-state index contributed by atoms with van der Waals surface area (Å²) in [5.41, 5.74) is 4.41. The van der Waals surface area contributed by atoms with Crippen molar-refractivity contribution in [3.63, 3.8) is 0 Å². The van der Waals surface area contributed by atoms with E-state index in [1.807, 2.05) is 0 Å². The van der Waals surface area contributed by atoms with Crippen LogP contribution < -0.4 is 0 Å². The van der Waals surface area contributed by atoms with Gasteiger partial charge in [-0.2, -0.15) is 0 Å². The molecule has 0 aromatic carbocycles. The second kappa shape index (κ2) is 10.2. The maximum Gasteiger partial charge on any atom is -0.0288 e. The molecule has 0 aliphatic rings. The van der Waals surface area contributed by atoms with Gasteiger partial charge in [0.15, 0.2) is 0 Å². The summed E-state index contributed by atoms with van der Waals surface area (Å²) in [5.74, 6) is 0.805. The molecule has 0 nitrogen and oxygen atoms in total. The first kappa shape index (κ1) is 17.2. The Kier molecular flexibility index (Phi) is 9.73. The second-order valence-electron chi connectivity index (χ2n) is 6.07. The maximum absolute atomic E-state index is 2.44. The van der Waals surface area contributed by atoms with Crippen molar-refractivity contribution in [3.8, 4) is 0 Å². The Bertz CT molecular complexity index is 294. The van der Waals surface area contributed by atoms with Crippen LogP contribution in [-0.4, -0.2) is 0 Å². The monoisotopic (exact) mass is 248 g/mol. The van der Waals surface area contributed by atoms with Gasteiger partial charge in [-0.15, -0.1) is 0 Å². The zero-order chi connectivity index (χ0) is 14.0. The van der Waals surface area contributed by atoms with Gasteiger partial charge in [0.1, 0.15) is 0 Å². The highest BCUT2D eigenvalue weighted by Gasteiger charge is 1.99. The average molecular weight is 248 g/mol. The SMILES string of the molecule is CC(C)=CCCC(C)=CCC(C)CCC=C(C)C. The molecule has 0 heterocycles. The Morgan fingerprint density at radius 3 is 1.94 bits per heavy atom. The van der Waals surface area contributed by atoms with Gasteiger partial charge in [0.05, 0.1) is 0 Å². The first-order chi connectivity index (χ1) is 8.41. The normalized spacial score (nSPS) is 13.1. The predicted octanol–water partition coefficient (Wildman–Crippen LogP) is 6.45. The molecule has 0 saturated heterocycles. The van der Waals surface area contributed by atoms with Crippen LogP contribution in [0.15, 0.2) is 34.9 Å². The number of hydrogen-bond donors (Lipinski definition) is 0. The second-order valence-corrected chi connectivity index (χ2v) is 6.07. The summed E-state index contributed by atoms with van der Waals surface area (Å²) in [4.78, 5) is 0. The van der Waals surface area contributed by atoms with E-state index in [1.54, 1.807) is 5.57 Å². The smallest absolute Gasteiger partial charge is 0.0288 e. The average Bonchev–Trinajstić information content (AvgIpc) is 2.25. The Hall–Kier alpha value is -0.780. The Balaban J connectivity index is 3.83. The van der Waals surface area contributed by atoms with Crippen molar-refractivity contribution in [3.05, 3.63) is 34.9 Å². The van der Waals surface area contributed by atoms with Gasteiger partial charge in [0.25, 0.3) is 0 Å². The first-order valence-corrected chi connectivity index (χ1v) is 7.34. The Labute approximate surface area is 115 Å². The van der Waals surface area contributed by atoms with E-state index in [0.29, 0.717) is 0 Å². The summed E-state index contributed by atoms with van der Waals surface area (Å²) in [6.07, 6.45) is 13.3. The van der Waals surface area contributed by atoms with Crippen LogP contribution in [0.25, 0.3) is 0 Å². The summed E-state index contributed by atoms with van der Waals surface area (Å²) in [6, 6.07) is 0. The van der Waals surface area contributed by atoms with Crippen molar-refractivity contribution in [1.29, 1.82) is 0 Å². The highest BCUT2D eigenvalue weighted by Crippen LogP contribution is 2.15. The minimum absolute atomic E-state index is 0.805. The molecule has 0 fully saturated rings. The lowest BCUT2D eigenvalue weighted by Crippen LogP contribution is -1.92. The molecule has 1 atom stereocenters. The van der Waals surface area contributed by atoms with Gasteiger partial charge in [-0.05, 0) is 72.6 Å². The molecule has 0 aromatic rings. The van der Waals surface area contributed by atoms with Crippen LogP contribution in [0, 0.1) is 5.92 Å². The summed E-state index contributed by atoms with van der Waals surface area (Å²) in [5, 5.41) is 0. The highest BCUT2D eigenvalue weighted by atomic mass is 14.0. The lowest BCUT2D eigenvalue weighted by molar-refractivity contribution is 0.543. The van der Waals surface area contributed by atoms with Gasteiger partial charge >= 0.3 is 0 Å². The number of hydrogen-bond acceptors (Lipinski definition) is 0. The summed E-state index contributed by atoms with van der Waals surface area (Å²) in [7, 11) is 0. The molecule has 0 radical (unpaired) electrons. The van der Waals surface area contributed by atoms with Crippen molar-refractivity contribution in [2.45, 2.75) is 73.6 Å². The van der Waals surface area contributed by atoms with E-state index >= 15 is 0 Å². The molecule has 0 heteroatoms. The fraction of sp³-hybridized carbons (Fsp3) is 0.667. The highest BCUT2D eigenvalue weighted by molar-refractivity contribution is 5.02. The van der Waals surface area contributed by atoms with Crippen molar-refractivity contribution in [2.24, 2.45) is 5.92 Å². The molecule has 0 spiro atoms. The molecular weight excluding hydrogens is 216 g/mol. The fourth-order valence-electron chi connectivity index (χ4n) is 1.87. The molecule has 0 N–H and O–H groups in total. The van der Waals surface area contributed by atoms with Gasteiger partial charge in [0.2, 0.25) is 0 Å². The third kappa shape index (κ3) is 11.7. The first-order valence-electron chi connectivity index (χ1n) is 7.34. The minimum Gasteiger partial charge on any atom is -0.0859 e. The maximum atomic E-state index is 2.44. The zero-order valence-corrected chi connectivity index (χ0v) is 13.3. The molecule has 0 aliphatic heterocycles. The quantitative estimate of drug-likeness (QED) is 0.433. The predicted molar refractivity (Wildman–Crippen MR) is 84.9 cm³/mol. The molecule has 1 unspecified atom stereocenters. The lowest BCUT2D eigenvalue weighted by atomic mass is 9.98. The van der Waals surface area contributed by atoms with E-state index < -0.39 is 0 Å². The largest absolute Gasteiger partial charge is 0.0859 e. The van der Waals surface area contributed by atoms with Crippen LogP contribution in [0.5, 0.6) is 0 Å². The number of allylic oxidation sites excluding steroid dienone is 6. The van der Waals surface area contributed by atoms with Crippen molar-refractivity contribution < 1.29 is 0 Å². The van der Waals surface area contributed by atoms with E-state index in [0.717, 1.165) is 5.92 Å². The van der Waals surface area contributed by atoms with Gasteiger partial charge < -0.3 is 0 Å². The fourth-order valence-corrected chi connectivity index (χ4v) is 1.87.